The van der Waals surface area contributed by atoms with Gasteiger partial charge in [0.05, 0.1) is 0 Å². The Hall–Kier alpha value is -0.890. The van der Waals surface area contributed by atoms with Crippen molar-refractivity contribution in [2.45, 2.75) is 0 Å². The normalized spacial score (nSPS) is 7.62. The molecule has 0 aromatic carbocycles. The molecule has 8 heavy (non-hydrogen) atoms. The Morgan fingerprint density at radius 1 is 1.00 bits per heavy atom. The Bertz CT molecular complexity index is 136. The topological polar surface area (TPSA) is 38.9 Å². The quantitative estimate of drug-likeness (QED) is 0.491. The zero-order chi connectivity index (χ0) is 5.11. The van der Waals surface area contributed by atoms with Gasteiger partial charge in [0.15, 0.2) is 12.4 Å². The van der Waals surface area contributed by atoms with Crippen LogP contribution >= 0.6 is 0 Å². The molecule has 44 valence electrons. The number of aryl methyl sites for hydroxylation is 1. The molecule has 0 unspecified atom stereocenters. The highest BCUT2D eigenvalue weighted by Gasteiger charge is 1.78. The highest BCUT2D eigenvalue weighted by Crippen LogP contribution is 1.71. The number of hydrogen-bond donors (Lipinski definition) is 1. The summed E-state index contributed by atoms with van der Waals surface area (Å²) >= 11 is 0. The third kappa shape index (κ3) is 1.71. The summed E-state index contributed by atoms with van der Waals surface area (Å²) in [7, 11) is 2.00. The van der Waals surface area contributed by atoms with E-state index in [-0.39, 0.29) is 6.15 Å². The molecule has 0 bridgehead atoms. The molecule has 0 fully saturated rings. The minimum absolute atomic E-state index is 0. The smallest absolute Gasteiger partial charge is 0.168 e. The van der Waals surface area contributed by atoms with Gasteiger partial charge in [0.25, 0.3) is 0 Å². The lowest BCUT2D eigenvalue weighted by molar-refractivity contribution is -0.671. The lowest BCUT2D eigenvalue weighted by Gasteiger charge is -1.77. The summed E-state index contributed by atoms with van der Waals surface area (Å²) < 4.78 is 2.00. The first kappa shape index (κ1) is 7.11. The average molecular weight is 111 g/mol. The lowest BCUT2D eigenvalue weighted by Crippen LogP contribution is -2.25. The van der Waals surface area contributed by atoms with Gasteiger partial charge in [-0.2, -0.15) is 0 Å². The number of nitrogens with zero attached hydrogens (tertiary/aromatic N) is 1. The second-order valence-electron chi connectivity index (χ2n) is 1.54. The van der Waals surface area contributed by atoms with Crippen LogP contribution in [0.5, 0.6) is 0 Å². The van der Waals surface area contributed by atoms with Crippen LogP contribution in [-0.2, 0) is 7.05 Å². The minimum atomic E-state index is 0. The van der Waals surface area contributed by atoms with Crippen molar-refractivity contribution in [3.05, 3.63) is 30.6 Å². The van der Waals surface area contributed by atoms with Crippen molar-refractivity contribution in [3.63, 3.8) is 0 Å². The molecular weight excluding hydrogens is 100 g/mol. The fourth-order valence-corrected chi connectivity index (χ4v) is 0.485. The Morgan fingerprint density at radius 3 is 1.75 bits per heavy atom. The minimum Gasteiger partial charge on any atom is -0.344 e. The van der Waals surface area contributed by atoms with Crippen LogP contribution in [0, 0.1) is 0 Å². The molecule has 0 saturated heterocycles. The van der Waals surface area contributed by atoms with E-state index in [1.54, 1.807) is 0 Å². The van der Waals surface area contributed by atoms with Gasteiger partial charge in [-0.15, -0.1) is 0 Å². The fourth-order valence-electron chi connectivity index (χ4n) is 0.485. The number of hydrogen-bond acceptors (Lipinski definition) is 1. The molecule has 0 spiro atoms. The van der Waals surface area contributed by atoms with Gasteiger partial charge in [-0.3, -0.25) is 0 Å². The number of pyridine rings is 1. The zero-order valence-electron chi connectivity index (χ0n) is 5.04. The van der Waals surface area contributed by atoms with Crippen molar-refractivity contribution in [2.75, 3.05) is 0 Å². The standard InChI is InChI=1S/C6H8N.H3N/c1-7-5-3-2-4-6-7;/h2-6H,1H3;1H3/q+1;. The molecular formula is C6H11N2+. The molecule has 3 N–H and O–H groups in total. The summed E-state index contributed by atoms with van der Waals surface area (Å²) in [6.07, 6.45) is 4.00. The third-order valence-corrected chi connectivity index (χ3v) is 0.865. The molecule has 0 radical (unpaired) electrons. The van der Waals surface area contributed by atoms with E-state index in [2.05, 4.69) is 0 Å². The number of aromatic nitrogens is 1. The van der Waals surface area contributed by atoms with Gasteiger partial charge in [-0.1, -0.05) is 6.07 Å². The van der Waals surface area contributed by atoms with Gasteiger partial charge in [0.2, 0.25) is 0 Å². The summed E-state index contributed by atoms with van der Waals surface area (Å²) in [6, 6.07) is 6.00. The predicted octanol–water partition coefficient (Wildman–Crippen LogP) is 0.673. The molecule has 0 aliphatic carbocycles. The van der Waals surface area contributed by atoms with Crippen LogP contribution in [0.15, 0.2) is 30.6 Å². The van der Waals surface area contributed by atoms with Gasteiger partial charge < -0.3 is 6.15 Å². The highest BCUT2D eigenvalue weighted by atomic mass is 14.9. The first-order valence-corrected chi connectivity index (χ1v) is 2.30. The zero-order valence-corrected chi connectivity index (χ0v) is 5.04. The van der Waals surface area contributed by atoms with E-state index in [1.165, 1.54) is 0 Å². The molecule has 0 atom stereocenters. The molecule has 1 heterocycles. The largest absolute Gasteiger partial charge is 0.344 e. The average Bonchev–Trinajstić information content (AvgIpc) is 1.69. The van der Waals surface area contributed by atoms with Crippen LogP contribution in [0.3, 0.4) is 0 Å². The maximum Gasteiger partial charge on any atom is 0.168 e. The van der Waals surface area contributed by atoms with Gasteiger partial charge >= 0.3 is 0 Å². The van der Waals surface area contributed by atoms with Crippen molar-refractivity contribution in [1.82, 2.24) is 6.15 Å². The Labute approximate surface area is 49.4 Å². The van der Waals surface area contributed by atoms with Crippen molar-refractivity contribution in [1.29, 1.82) is 0 Å². The number of rotatable bonds is 0. The van der Waals surface area contributed by atoms with Gasteiger partial charge in [-0.25, -0.2) is 4.57 Å². The Kier molecular flexibility index (Phi) is 2.80. The van der Waals surface area contributed by atoms with Gasteiger partial charge in [0, 0.05) is 12.1 Å². The molecule has 0 aliphatic heterocycles. The Balaban J connectivity index is 0.000000490. The van der Waals surface area contributed by atoms with Crippen LogP contribution in [0.1, 0.15) is 0 Å². The van der Waals surface area contributed by atoms with Crippen molar-refractivity contribution in [2.24, 2.45) is 7.05 Å². The molecule has 1 aromatic rings. The summed E-state index contributed by atoms with van der Waals surface area (Å²) in [4.78, 5) is 0. The molecule has 0 amide bonds. The van der Waals surface area contributed by atoms with Crippen LogP contribution < -0.4 is 10.7 Å². The maximum absolute atomic E-state index is 2.00. The maximum atomic E-state index is 2.00. The third-order valence-electron chi connectivity index (χ3n) is 0.865. The van der Waals surface area contributed by atoms with Crippen LogP contribution in [0.2, 0.25) is 0 Å². The summed E-state index contributed by atoms with van der Waals surface area (Å²) in [5.74, 6) is 0. The fraction of sp³-hybridized carbons (Fsp3) is 0.167. The van der Waals surface area contributed by atoms with Crippen LogP contribution in [-0.4, -0.2) is 0 Å². The predicted molar refractivity (Wildman–Crippen MR) is 32.6 cm³/mol. The van der Waals surface area contributed by atoms with E-state index in [0.29, 0.717) is 0 Å². The molecule has 1 aromatic heterocycles. The van der Waals surface area contributed by atoms with E-state index in [1.807, 2.05) is 42.2 Å². The van der Waals surface area contributed by atoms with E-state index < -0.39 is 0 Å². The van der Waals surface area contributed by atoms with Gasteiger partial charge in [-0.05, 0) is 0 Å². The molecule has 2 heteroatoms. The second kappa shape index (κ2) is 3.16. The van der Waals surface area contributed by atoms with E-state index >= 15 is 0 Å². The monoisotopic (exact) mass is 111 g/mol. The van der Waals surface area contributed by atoms with E-state index in [0.717, 1.165) is 0 Å². The summed E-state index contributed by atoms with van der Waals surface area (Å²) in [6.45, 7) is 0. The lowest BCUT2D eigenvalue weighted by atomic mass is 10.5. The van der Waals surface area contributed by atoms with Crippen molar-refractivity contribution >= 4 is 0 Å². The van der Waals surface area contributed by atoms with Gasteiger partial charge in [0.1, 0.15) is 7.05 Å². The molecule has 0 saturated carbocycles. The molecule has 2 nitrogen and oxygen atoms in total. The molecule has 0 aliphatic rings. The summed E-state index contributed by atoms with van der Waals surface area (Å²) in [5.41, 5.74) is 0. The second-order valence-corrected chi connectivity index (χ2v) is 1.54. The SMILES string of the molecule is C[n+]1ccccc1.N. The van der Waals surface area contributed by atoms with Crippen LogP contribution in [0.4, 0.5) is 0 Å². The van der Waals surface area contributed by atoms with Crippen molar-refractivity contribution < 1.29 is 4.57 Å². The van der Waals surface area contributed by atoms with E-state index in [9.17, 15) is 0 Å². The first-order valence-electron chi connectivity index (χ1n) is 2.30. The van der Waals surface area contributed by atoms with Crippen LogP contribution in [0.25, 0.3) is 0 Å². The Morgan fingerprint density at radius 2 is 1.50 bits per heavy atom. The first-order chi connectivity index (χ1) is 3.39. The highest BCUT2D eigenvalue weighted by molar-refractivity contribution is 4.83. The van der Waals surface area contributed by atoms with E-state index in [4.69, 9.17) is 0 Å². The molecule has 1 rings (SSSR count). The summed E-state index contributed by atoms with van der Waals surface area (Å²) in [5, 5.41) is 0. The van der Waals surface area contributed by atoms with Crippen molar-refractivity contribution in [3.8, 4) is 0 Å².